The first kappa shape index (κ1) is 15.1. The Morgan fingerprint density at radius 1 is 1.31 bits per heavy atom. The van der Waals surface area contributed by atoms with Gasteiger partial charge in [0.25, 0.3) is 0 Å². The number of carboxylic acid groups (broad SMARTS) is 1. The van der Waals surface area contributed by atoms with Crippen LogP contribution in [-0.4, -0.2) is 47.8 Å². The Balaban J connectivity index is 3.77. The summed E-state index contributed by atoms with van der Waals surface area (Å²) in [5, 5.41) is 17.4. The molecule has 0 aromatic heterocycles. The van der Waals surface area contributed by atoms with E-state index in [0.717, 1.165) is 25.8 Å². The van der Waals surface area contributed by atoms with E-state index in [4.69, 9.17) is 10.2 Å². The van der Waals surface area contributed by atoms with E-state index < -0.39 is 5.97 Å². The maximum atomic E-state index is 10.7. The molecule has 0 fully saturated rings. The number of hydrogen-bond acceptors (Lipinski definition) is 3. The van der Waals surface area contributed by atoms with Gasteiger partial charge in [0.15, 0.2) is 0 Å². The molecule has 0 rings (SSSR count). The second-order valence-corrected chi connectivity index (χ2v) is 3.93. The fourth-order valence-electron chi connectivity index (χ4n) is 1.41. The minimum Gasteiger partial charge on any atom is -0.478 e. The summed E-state index contributed by atoms with van der Waals surface area (Å²) in [4.78, 5) is 12.8. The summed E-state index contributed by atoms with van der Waals surface area (Å²) in [7, 11) is 1.98. The van der Waals surface area contributed by atoms with Crippen LogP contribution in [0.3, 0.4) is 0 Å². The molecule has 0 bridgehead atoms. The van der Waals surface area contributed by atoms with Gasteiger partial charge >= 0.3 is 5.97 Å². The van der Waals surface area contributed by atoms with Gasteiger partial charge in [-0.3, -0.25) is 0 Å². The number of likely N-dealkylation sites (N-methyl/N-ethyl adjacent to an activating group) is 1. The molecule has 0 spiro atoms. The summed E-state index contributed by atoms with van der Waals surface area (Å²) in [6, 6.07) is 0. The van der Waals surface area contributed by atoms with Crippen LogP contribution < -0.4 is 0 Å². The van der Waals surface area contributed by atoms with Gasteiger partial charge < -0.3 is 15.1 Å². The van der Waals surface area contributed by atoms with E-state index in [9.17, 15) is 4.79 Å². The van der Waals surface area contributed by atoms with Crippen molar-refractivity contribution in [2.24, 2.45) is 0 Å². The van der Waals surface area contributed by atoms with Crippen LogP contribution in [0, 0.1) is 0 Å². The predicted octanol–water partition coefficient (Wildman–Crippen LogP) is 1.50. The average Bonchev–Trinajstić information content (AvgIpc) is 2.25. The minimum absolute atomic E-state index is 0.253. The number of aliphatic hydroxyl groups excluding tert-OH is 1. The highest BCUT2D eigenvalue weighted by Gasteiger charge is 2.04. The lowest BCUT2D eigenvalue weighted by Crippen LogP contribution is -2.20. The molecule has 0 aliphatic heterocycles. The van der Waals surface area contributed by atoms with E-state index in [2.05, 4.69) is 4.90 Å². The van der Waals surface area contributed by atoms with Gasteiger partial charge in [0.2, 0.25) is 0 Å². The van der Waals surface area contributed by atoms with Gasteiger partial charge in [-0.05, 0) is 39.3 Å². The van der Waals surface area contributed by atoms with Gasteiger partial charge in [0.1, 0.15) is 0 Å². The highest BCUT2D eigenvalue weighted by molar-refractivity contribution is 5.86. The molecule has 0 saturated heterocycles. The highest BCUT2D eigenvalue weighted by Crippen LogP contribution is 2.02. The quantitative estimate of drug-likeness (QED) is 0.464. The lowest BCUT2D eigenvalue weighted by Gasteiger charge is -2.14. The molecule has 0 aliphatic carbocycles. The third kappa shape index (κ3) is 7.43. The van der Waals surface area contributed by atoms with Gasteiger partial charge in [-0.2, -0.15) is 0 Å². The van der Waals surface area contributed by atoms with Gasteiger partial charge in [0, 0.05) is 18.7 Å². The average molecular weight is 229 g/mol. The zero-order valence-electron chi connectivity index (χ0n) is 10.3. The van der Waals surface area contributed by atoms with E-state index in [1.165, 1.54) is 0 Å². The van der Waals surface area contributed by atoms with Crippen molar-refractivity contribution in [3.8, 4) is 0 Å². The molecule has 4 nitrogen and oxygen atoms in total. The topological polar surface area (TPSA) is 60.8 Å². The molecule has 0 heterocycles. The fraction of sp³-hybridized carbons (Fsp3) is 0.750. The zero-order chi connectivity index (χ0) is 12.4. The smallest absolute Gasteiger partial charge is 0.331 e. The molecule has 16 heavy (non-hydrogen) atoms. The van der Waals surface area contributed by atoms with E-state index in [0.29, 0.717) is 18.5 Å². The van der Waals surface area contributed by atoms with E-state index in [1.54, 1.807) is 6.08 Å². The van der Waals surface area contributed by atoms with Crippen molar-refractivity contribution in [1.29, 1.82) is 0 Å². The third-order valence-corrected chi connectivity index (χ3v) is 2.50. The fourth-order valence-corrected chi connectivity index (χ4v) is 1.41. The summed E-state index contributed by atoms with van der Waals surface area (Å²) in [5.41, 5.74) is 0.474. The van der Waals surface area contributed by atoms with E-state index >= 15 is 0 Å². The van der Waals surface area contributed by atoms with Crippen molar-refractivity contribution in [2.75, 3.05) is 26.7 Å². The van der Waals surface area contributed by atoms with Gasteiger partial charge in [-0.1, -0.05) is 13.0 Å². The molecule has 0 amide bonds. The van der Waals surface area contributed by atoms with Crippen molar-refractivity contribution in [1.82, 2.24) is 4.90 Å². The number of unbranched alkanes of at least 4 members (excludes halogenated alkanes) is 2. The molecule has 0 aliphatic rings. The van der Waals surface area contributed by atoms with Crippen molar-refractivity contribution >= 4 is 5.97 Å². The van der Waals surface area contributed by atoms with E-state index in [-0.39, 0.29) is 6.61 Å². The van der Waals surface area contributed by atoms with Crippen LogP contribution in [0.15, 0.2) is 11.6 Å². The number of carbonyl (C=O) groups is 1. The molecule has 2 N–H and O–H groups in total. The maximum Gasteiger partial charge on any atom is 0.331 e. The molecule has 0 aromatic rings. The molecular formula is C12H23NO3. The molecule has 0 radical (unpaired) electrons. The van der Waals surface area contributed by atoms with Crippen LogP contribution in [0.4, 0.5) is 0 Å². The number of rotatable bonds is 9. The zero-order valence-corrected chi connectivity index (χ0v) is 10.3. The number of carboxylic acids is 1. The second kappa shape index (κ2) is 9.36. The molecule has 0 saturated carbocycles. The number of aliphatic hydroxyl groups is 1. The van der Waals surface area contributed by atoms with Crippen LogP contribution in [0.25, 0.3) is 0 Å². The summed E-state index contributed by atoms with van der Waals surface area (Å²) in [6.45, 7) is 3.71. The van der Waals surface area contributed by atoms with Crippen molar-refractivity contribution in [3.05, 3.63) is 11.6 Å². The lowest BCUT2D eigenvalue weighted by atomic mass is 10.2. The Kier molecular flexibility index (Phi) is 8.85. The van der Waals surface area contributed by atoms with Crippen LogP contribution in [0.1, 0.15) is 32.6 Å². The van der Waals surface area contributed by atoms with Gasteiger partial charge in [-0.25, -0.2) is 4.79 Å². The largest absolute Gasteiger partial charge is 0.478 e. The summed E-state index contributed by atoms with van der Waals surface area (Å²) in [6.07, 6.45) is 5.24. The van der Waals surface area contributed by atoms with Crippen molar-refractivity contribution < 1.29 is 15.0 Å². The first-order chi connectivity index (χ1) is 7.61. The minimum atomic E-state index is -0.823. The Bertz CT molecular complexity index is 226. The maximum absolute atomic E-state index is 10.7. The van der Waals surface area contributed by atoms with Crippen molar-refractivity contribution in [3.63, 3.8) is 0 Å². The molecule has 4 heteroatoms. The second-order valence-electron chi connectivity index (χ2n) is 3.93. The number of aliphatic carboxylic acids is 1. The standard InChI is InChI=1S/C12H23NO3/c1-3-11(12(15)16)7-9-13(2)8-5-4-6-10-14/h7,14H,3-6,8-10H2,1-2H3,(H,15,16). The van der Waals surface area contributed by atoms with Gasteiger partial charge in [-0.15, -0.1) is 0 Å². The first-order valence-corrected chi connectivity index (χ1v) is 5.83. The molecule has 0 aromatic carbocycles. The Hall–Kier alpha value is -0.870. The van der Waals surface area contributed by atoms with E-state index in [1.807, 2.05) is 14.0 Å². The summed E-state index contributed by atoms with van der Waals surface area (Å²) >= 11 is 0. The molecular weight excluding hydrogens is 206 g/mol. The SMILES string of the molecule is CCC(=CCN(C)CCCCCO)C(=O)O. The van der Waals surface area contributed by atoms with Crippen LogP contribution in [0.2, 0.25) is 0 Å². The lowest BCUT2D eigenvalue weighted by molar-refractivity contribution is -0.132. The molecule has 0 atom stereocenters. The van der Waals surface area contributed by atoms with Crippen molar-refractivity contribution in [2.45, 2.75) is 32.6 Å². The summed E-state index contributed by atoms with van der Waals surface area (Å²) < 4.78 is 0. The number of hydrogen-bond donors (Lipinski definition) is 2. The summed E-state index contributed by atoms with van der Waals surface area (Å²) in [5.74, 6) is -0.823. The van der Waals surface area contributed by atoms with Gasteiger partial charge in [0.05, 0.1) is 0 Å². The van der Waals surface area contributed by atoms with Crippen LogP contribution in [0.5, 0.6) is 0 Å². The number of nitrogens with zero attached hydrogens (tertiary/aromatic N) is 1. The first-order valence-electron chi connectivity index (χ1n) is 5.83. The molecule has 0 unspecified atom stereocenters. The van der Waals surface area contributed by atoms with Crippen LogP contribution >= 0.6 is 0 Å². The molecule has 94 valence electrons. The Morgan fingerprint density at radius 3 is 2.50 bits per heavy atom. The normalized spacial score (nSPS) is 12.1. The third-order valence-electron chi connectivity index (χ3n) is 2.50. The van der Waals surface area contributed by atoms with Crippen LogP contribution in [-0.2, 0) is 4.79 Å². The predicted molar refractivity (Wildman–Crippen MR) is 64.4 cm³/mol. The Labute approximate surface area is 97.6 Å². The Morgan fingerprint density at radius 2 is 2.00 bits per heavy atom. The highest BCUT2D eigenvalue weighted by atomic mass is 16.4. The monoisotopic (exact) mass is 229 g/mol.